The Bertz CT molecular complexity index is 712. The minimum atomic E-state index is -0.571. The Morgan fingerprint density at radius 2 is 1.65 bits per heavy atom. The molecule has 0 aliphatic carbocycles. The molecule has 5 nitrogen and oxygen atoms in total. The lowest BCUT2D eigenvalue weighted by Crippen LogP contribution is -2.50. The highest BCUT2D eigenvalue weighted by Crippen LogP contribution is 2.11. The van der Waals surface area contributed by atoms with Gasteiger partial charge in [0.1, 0.15) is 11.8 Å². The van der Waals surface area contributed by atoms with Gasteiger partial charge in [-0.3, -0.25) is 9.59 Å². The van der Waals surface area contributed by atoms with Crippen molar-refractivity contribution in [2.45, 2.75) is 26.3 Å². The molecule has 2 N–H and O–H groups in total. The largest absolute Gasteiger partial charge is 0.497 e. The van der Waals surface area contributed by atoms with E-state index in [2.05, 4.69) is 10.6 Å². The number of ether oxygens (including phenoxy) is 1. The van der Waals surface area contributed by atoms with Crippen molar-refractivity contribution in [3.8, 4) is 5.75 Å². The van der Waals surface area contributed by atoms with Gasteiger partial charge in [-0.05, 0) is 42.2 Å². The molecule has 138 valence electrons. The number of nitrogens with one attached hydrogen (secondary N) is 2. The molecule has 0 heterocycles. The Morgan fingerprint density at radius 3 is 2.23 bits per heavy atom. The van der Waals surface area contributed by atoms with Crippen molar-refractivity contribution in [3.63, 3.8) is 0 Å². The van der Waals surface area contributed by atoms with Crippen LogP contribution in [-0.4, -0.2) is 31.5 Å². The van der Waals surface area contributed by atoms with Crippen LogP contribution in [0, 0.1) is 5.92 Å². The van der Waals surface area contributed by atoms with Gasteiger partial charge in [-0.15, -0.1) is 0 Å². The van der Waals surface area contributed by atoms with Gasteiger partial charge in [0.25, 0.3) is 5.91 Å². The topological polar surface area (TPSA) is 67.4 Å². The Labute approximate surface area is 154 Å². The zero-order chi connectivity index (χ0) is 18.9. The lowest BCUT2D eigenvalue weighted by Gasteiger charge is -2.21. The molecule has 26 heavy (non-hydrogen) atoms. The second-order valence-electron chi connectivity index (χ2n) is 6.45. The summed E-state index contributed by atoms with van der Waals surface area (Å²) in [5.41, 5.74) is 1.66. The van der Waals surface area contributed by atoms with E-state index in [9.17, 15) is 9.59 Å². The molecule has 0 aromatic heterocycles. The fraction of sp³-hybridized carbons (Fsp3) is 0.333. The van der Waals surface area contributed by atoms with Gasteiger partial charge in [0, 0.05) is 12.1 Å². The van der Waals surface area contributed by atoms with E-state index in [0.29, 0.717) is 18.5 Å². The molecule has 2 amide bonds. The fourth-order valence-electron chi connectivity index (χ4n) is 2.58. The van der Waals surface area contributed by atoms with E-state index in [-0.39, 0.29) is 17.7 Å². The van der Waals surface area contributed by atoms with Gasteiger partial charge >= 0.3 is 0 Å². The molecule has 0 bridgehead atoms. The van der Waals surface area contributed by atoms with Gasteiger partial charge in [0.05, 0.1) is 7.11 Å². The van der Waals surface area contributed by atoms with E-state index in [1.165, 1.54) is 0 Å². The summed E-state index contributed by atoms with van der Waals surface area (Å²) in [5.74, 6) is 0.386. The number of rotatable bonds is 8. The van der Waals surface area contributed by atoms with Crippen molar-refractivity contribution in [3.05, 3.63) is 65.7 Å². The number of benzene rings is 2. The zero-order valence-electron chi connectivity index (χ0n) is 15.5. The number of amides is 2. The third-order valence-electron chi connectivity index (χ3n) is 4.14. The molecule has 2 rings (SSSR count). The van der Waals surface area contributed by atoms with Gasteiger partial charge in [0.15, 0.2) is 0 Å². The maximum atomic E-state index is 12.5. The maximum absolute atomic E-state index is 12.5. The molecule has 2 aromatic carbocycles. The molecule has 0 aliphatic rings. The van der Waals surface area contributed by atoms with Crippen molar-refractivity contribution in [2.24, 2.45) is 5.92 Å². The third-order valence-corrected chi connectivity index (χ3v) is 4.14. The zero-order valence-corrected chi connectivity index (χ0v) is 15.5. The molecular weight excluding hydrogens is 328 g/mol. The summed E-state index contributed by atoms with van der Waals surface area (Å²) < 4.78 is 5.13. The monoisotopic (exact) mass is 354 g/mol. The van der Waals surface area contributed by atoms with E-state index < -0.39 is 6.04 Å². The van der Waals surface area contributed by atoms with E-state index in [4.69, 9.17) is 4.74 Å². The first-order valence-electron chi connectivity index (χ1n) is 8.78. The molecule has 0 aliphatic heterocycles. The predicted molar refractivity (Wildman–Crippen MR) is 102 cm³/mol. The summed E-state index contributed by atoms with van der Waals surface area (Å²) in [5, 5.41) is 5.74. The average Bonchev–Trinajstić information content (AvgIpc) is 2.66. The van der Waals surface area contributed by atoms with Gasteiger partial charge < -0.3 is 15.4 Å². The lowest BCUT2D eigenvalue weighted by atomic mass is 10.0. The maximum Gasteiger partial charge on any atom is 0.251 e. The van der Waals surface area contributed by atoms with E-state index in [1.54, 1.807) is 31.4 Å². The SMILES string of the molecule is COc1ccc(CCNC(=O)[C@@H](NC(=O)c2ccccc2)C(C)C)cc1. The molecule has 0 radical (unpaired) electrons. The van der Waals surface area contributed by atoms with Crippen LogP contribution in [0.25, 0.3) is 0 Å². The highest BCUT2D eigenvalue weighted by Gasteiger charge is 2.24. The van der Waals surface area contributed by atoms with Crippen molar-refractivity contribution in [1.82, 2.24) is 10.6 Å². The molecule has 0 spiro atoms. The second kappa shape index (κ2) is 9.61. The van der Waals surface area contributed by atoms with Crippen LogP contribution in [0.4, 0.5) is 0 Å². The first kappa shape index (κ1) is 19.5. The van der Waals surface area contributed by atoms with Crippen molar-refractivity contribution < 1.29 is 14.3 Å². The highest BCUT2D eigenvalue weighted by atomic mass is 16.5. The van der Waals surface area contributed by atoms with Gasteiger partial charge in [-0.25, -0.2) is 0 Å². The van der Waals surface area contributed by atoms with Crippen LogP contribution in [-0.2, 0) is 11.2 Å². The summed E-state index contributed by atoms with van der Waals surface area (Å²) in [6, 6.07) is 16.1. The van der Waals surface area contributed by atoms with Crippen LogP contribution < -0.4 is 15.4 Å². The second-order valence-corrected chi connectivity index (χ2v) is 6.45. The lowest BCUT2D eigenvalue weighted by molar-refractivity contribution is -0.123. The first-order valence-corrected chi connectivity index (χ1v) is 8.78. The van der Waals surface area contributed by atoms with Gasteiger partial charge in [-0.2, -0.15) is 0 Å². The van der Waals surface area contributed by atoms with Crippen LogP contribution >= 0.6 is 0 Å². The number of hydrogen-bond acceptors (Lipinski definition) is 3. The summed E-state index contributed by atoms with van der Waals surface area (Å²) in [7, 11) is 1.63. The third kappa shape index (κ3) is 5.62. The van der Waals surface area contributed by atoms with Crippen molar-refractivity contribution >= 4 is 11.8 Å². The molecule has 0 saturated heterocycles. The Hall–Kier alpha value is -2.82. The molecule has 0 saturated carbocycles. The van der Waals surface area contributed by atoms with E-state index >= 15 is 0 Å². The first-order chi connectivity index (χ1) is 12.5. The molecular formula is C21H26N2O3. The molecule has 2 aromatic rings. The van der Waals surface area contributed by atoms with Crippen molar-refractivity contribution in [1.29, 1.82) is 0 Å². The predicted octanol–water partition coefficient (Wildman–Crippen LogP) is 2.81. The Morgan fingerprint density at radius 1 is 1.00 bits per heavy atom. The highest BCUT2D eigenvalue weighted by molar-refractivity contribution is 5.97. The number of carbonyl (C=O) groups excluding carboxylic acids is 2. The minimum absolute atomic E-state index is 0.0105. The van der Waals surface area contributed by atoms with Crippen LogP contribution in [0.5, 0.6) is 5.75 Å². The van der Waals surface area contributed by atoms with Gasteiger partial charge in [0.2, 0.25) is 5.91 Å². The van der Waals surface area contributed by atoms with Crippen LogP contribution in [0.1, 0.15) is 29.8 Å². The fourth-order valence-corrected chi connectivity index (χ4v) is 2.58. The molecule has 0 fully saturated rings. The Kier molecular flexibility index (Phi) is 7.21. The Balaban J connectivity index is 1.88. The van der Waals surface area contributed by atoms with E-state index in [0.717, 1.165) is 11.3 Å². The number of carbonyl (C=O) groups is 2. The number of methoxy groups -OCH3 is 1. The van der Waals surface area contributed by atoms with E-state index in [1.807, 2.05) is 44.2 Å². The minimum Gasteiger partial charge on any atom is -0.497 e. The summed E-state index contributed by atoms with van der Waals surface area (Å²) in [4.78, 5) is 24.8. The molecule has 1 atom stereocenters. The van der Waals surface area contributed by atoms with Crippen molar-refractivity contribution in [2.75, 3.05) is 13.7 Å². The molecule has 5 heteroatoms. The summed E-state index contributed by atoms with van der Waals surface area (Å²) in [6.45, 7) is 4.34. The van der Waals surface area contributed by atoms with Crippen LogP contribution in [0.3, 0.4) is 0 Å². The summed E-state index contributed by atoms with van der Waals surface area (Å²) in [6.07, 6.45) is 0.715. The van der Waals surface area contributed by atoms with Crippen LogP contribution in [0.15, 0.2) is 54.6 Å². The normalized spacial score (nSPS) is 11.7. The quantitative estimate of drug-likeness (QED) is 0.766. The average molecular weight is 354 g/mol. The van der Waals surface area contributed by atoms with Gasteiger partial charge in [-0.1, -0.05) is 44.2 Å². The standard InChI is InChI=1S/C21H26N2O3/c1-15(2)19(23-20(24)17-7-5-4-6-8-17)21(25)22-14-13-16-9-11-18(26-3)12-10-16/h4-12,15,19H,13-14H2,1-3H3,(H,22,25)(H,23,24)/t19-/m0/s1. The number of hydrogen-bond donors (Lipinski definition) is 2. The van der Waals surface area contributed by atoms with Crippen LogP contribution in [0.2, 0.25) is 0 Å². The molecule has 0 unspecified atom stereocenters. The smallest absolute Gasteiger partial charge is 0.251 e. The summed E-state index contributed by atoms with van der Waals surface area (Å²) >= 11 is 0.